The van der Waals surface area contributed by atoms with E-state index in [1.54, 1.807) is 0 Å². The number of hydrogen-bond donors (Lipinski definition) is 3. The van der Waals surface area contributed by atoms with Crippen molar-refractivity contribution in [3.8, 4) is 11.5 Å². The van der Waals surface area contributed by atoms with Gasteiger partial charge in [0.05, 0.1) is 37.9 Å². The van der Waals surface area contributed by atoms with Crippen molar-refractivity contribution >= 4 is 98.8 Å². The summed E-state index contributed by atoms with van der Waals surface area (Å²) in [5.74, 6) is -3.72. The van der Waals surface area contributed by atoms with Crippen molar-refractivity contribution in [2.24, 2.45) is 0 Å². The van der Waals surface area contributed by atoms with Crippen molar-refractivity contribution in [2.75, 3.05) is 17.2 Å². The fourth-order valence-electron chi connectivity index (χ4n) is 5.86. The highest BCUT2D eigenvalue weighted by molar-refractivity contribution is 6.38. The summed E-state index contributed by atoms with van der Waals surface area (Å²) in [6.07, 6.45) is 5.53. The molecule has 0 heterocycles. The smallest absolute Gasteiger partial charge is 0.333 e. The lowest BCUT2D eigenvalue weighted by atomic mass is 9.93. The summed E-state index contributed by atoms with van der Waals surface area (Å²) in [6.45, 7) is -1.15. The van der Waals surface area contributed by atoms with Gasteiger partial charge in [0.15, 0.2) is 23.1 Å². The van der Waals surface area contributed by atoms with Crippen molar-refractivity contribution in [1.29, 1.82) is 0 Å². The number of carbonyl (C=O) groups excluding carboxylic acids is 3. The molecule has 0 aliphatic heterocycles. The molecule has 56 heavy (non-hydrogen) atoms. The normalized spacial score (nSPS) is 14.0. The van der Waals surface area contributed by atoms with Crippen LogP contribution in [0, 0.1) is 11.6 Å². The van der Waals surface area contributed by atoms with Gasteiger partial charge in [0.1, 0.15) is 19.8 Å². The molecule has 2 saturated carbocycles. The number of benzene rings is 4. The fraction of sp³-hybridized carbons (Fsp3) is 0.308. The highest BCUT2D eigenvalue weighted by Gasteiger charge is 2.23. The van der Waals surface area contributed by atoms with Gasteiger partial charge in [-0.25, -0.2) is 13.6 Å². The highest BCUT2D eigenvalue weighted by Crippen LogP contribution is 2.38. The third-order valence-corrected chi connectivity index (χ3v) is 10.7. The van der Waals surface area contributed by atoms with Gasteiger partial charge in [-0.15, -0.1) is 0 Å². The molecule has 0 saturated heterocycles. The van der Waals surface area contributed by atoms with Crippen molar-refractivity contribution in [1.82, 2.24) is 5.32 Å². The molecule has 6 rings (SSSR count). The van der Waals surface area contributed by atoms with Crippen LogP contribution in [-0.2, 0) is 34.0 Å². The Balaban J connectivity index is 0.982. The van der Waals surface area contributed by atoms with E-state index in [4.69, 9.17) is 83.8 Å². The van der Waals surface area contributed by atoms with Crippen molar-refractivity contribution in [3.63, 3.8) is 0 Å². The second kappa shape index (κ2) is 18.7. The minimum Gasteiger partial charge on any atom is -0.486 e. The van der Waals surface area contributed by atoms with Gasteiger partial charge in [0.25, 0.3) is 5.91 Å². The third-order valence-electron chi connectivity index (χ3n) is 9.19. The standard InChI is InChI=1S/C39H33Cl6F2N3O6/c40-23-10-21(35(46)31(14-23)49-25-3-1-4-25)17-54-37-27(42)7-19(8-28(37)43)9-33(51)56-34(52)16-48-39(53)20-12-29(44)38(30(45)13-20)55-18-22-11-24(41)15-32(36(22)47)50-26-5-2-6-26/h7-8,10-15,25-26,49-50H,1-6,9,16-18H2,(H,48,53). The van der Waals surface area contributed by atoms with Crippen LogP contribution in [0.2, 0.25) is 30.1 Å². The summed E-state index contributed by atoms with van der Waals surface area (Å²) in [7, 11) is 0. The van der Waals surface area contributed by atoms with Crippen LogP contribution in [0.15, 0.2) is 48.5 Å². The molecule has 296 valence electrons. The monoisotopic (exact) mass is 887 g/mol. The molecule has 0 atom stereocenters. The van der Waals surface area contributed by atoms with Crippen molar-refractivity contribution in [2.45, 2.75) is 70.2 Å². The Morgan fingerprint density at radius 1 is 0.625 bits per heavy atom. The first-order chi connectivity index (χ1) is 26.7. The lowest BCUT2D eigenvalue weighted by Crippen LogP contribution is -2.32. The molecule has 2 aliphatic carbocycles. The molecular formula is C39H33Cl6F2N3O6. The number of rotatable bonds is 15. The maximum atomic E-state index is 15.2. The molecule has 4 aromatic carbocycles. The minimum absolute atomic E-state index is 0.00294. The van der Waals surface area contributed by atoms with Crippen LogP contribution in [0.25, 0.3) is 0 Å². The predicted octanol–water partition coefficient (Wildman–Crippen LogP) is 11.0. The minimum atomic E-state index is -1.05. The molecule has 0 spiro atoms. The number of carbonyl (C=O) groups is 3. The highest BCUT2D eigenvalue weighted by atomic mass is 35.5. The van der Waals surface area contributed by atoms with Crippen LogP contribution in [0.3, 0.4) is 0 Å². The molecule has 0 aromatic heterocycles. The number of halogens is 8. The number of anilines is 2. The maximum Gasteiger partial charge on any atom is 0.333 e. The molecule has 4 aromatic rings. The Morgan fingerprint density at radius 3 is 1.50 bits per heavy atom. The van der Waals surface area contributed by atoms with E-state index < -0.39 is 42.4 Å². The molecular weight excluding hydrogens is 857 g/mol. The van der Waals surface area contributed by atoms with Crippen LogP contribution in [0.1, 0.15) is 65.6 Å². The summed E-state index contributed by atoms with van der Waals surface area (Å²) in [5.41, 5.74) is 1.19. The Bertz CT molecular complexity index is 2120. The average molecular weight is 890 g/mol. The van der Waals surface area contributed by atoms with E-state index in [1.807, 2.05) is 0 Å². The Labute approximate surface area is 351 Å². The molecule has 3 N–H and O–H groups in total. The number of nitrogens with one attached hydrogen (secondary N) is 3. The predicted molar refractivity (Wildman–Crippen MR) is 214 cm³/mol. The van der Waals surface area contributed by atoms with E-state index in [0.717, 1.165) is 38.5 Å². The topological polar surface area (TPSA) is 115 Å². The zero-order chi connectivity index (χ0) is 40.1. The van der Waals surface area contributed by atoms with Crippen LogP contribution >= 0.6 is 69.6 Å². The van der Waals surface area contributed by atoms with Gasteiger partial charge in [-0.1, -0.05) is 69.6 Å². The number of esters is 2. The first-order valence-corrected chi connectivity index (χ1v) is 19.7. The van der Waals surface area contributed by atoms with E-state index in [2.05, 4.69) is 16.0 Å². The van der Waals surface area contributed by atoms with Gasteiger partial charge in [-0.2, -0.15) is 0 Å². The second-order valence-electron chi connectivity index (χ2n) is 13.3. The summed E-state index contributed by atoms with van der Waals surface area (Å²) >= 11 is 37.9. The third kappa shape index (κ3) is 10.6. The summed E-state index contributed by atoms with van der Waals surface area (Å²) in [5, 5.41) is 9.24. The molecule has 0 bridgehead atoms. The van der Waals surface area contributed by atoms with Gasteiger partial charge >= 0.3 is 11.9 Å². The van der Waals surface area contributed by atoms with Crippen LogP contribution in [0.5, 0.6) is 11.5 Å². The Morgan fingerprint density at radius 2 is 1.07 bits per heavy atom. The zero-order valence-electron chi connectivity index (χ0n) is 29.3. The molecule has 2 aliphatic rings. The van der Waals surface area contributed by atoms with Crippen molar-refractivity contribution < 1.29 is 37.4 Å². The number of hydrogen-bond acceptors (Lipinski definition) is 8. The zero-order valence-corrected chi connectivity index (χ0v) is 33.9. The molecule has 0 unspecified atom stereocenters. The first kappa shape index (κ1) is 41.9. The summed E-state index contributed by atoms with van der Waals surface area (Å²) < 4.78 is 46.6. The Kier molecular flexibility index (Phi) is 14.0. The van der Waals surface area contributed by atoms with Crippen molar-refractivity contribution in [3.05, 3.63) is 113 Å². The van der Waals surface area contributed by atoms with E-state index in [0.29, 0.717) is 15.6 Å². The largest absolute Gasteiger partial charge is 0.486 e. The quantitative estimate of drug-likeness (QED) is 0.0799. The average Bonchev–Trinajstić information content (AvgIpc) is 3.09. The van der Waals surface area contributed by atoms with Crippen LogP contribution < -0.4 is 25.4 Å². The lowest BCUT2D eigenvalue weighted by Gasteiger charge is -2.28. The van der Waals surface area contributed by atoms with E-state index in [-0.39, 0.29) is 85.0 Å². The SMILES string of the molecule is O=C(CNC(=O)c1cc(Cl)c(OCc2cc(Cl)cc(NC3CCC3)c2F)c(Cl)c1)OC(=O)Cc1cc(Cl)c(OCc2cc(Cl)cc(NC3CCC3)c2F)c(Cl)c1. The van der Waals surface area contributed by atoms with Gasteiger partial charge in [0, 0.05) is 38.8 Å². The second-order valence-corrected chi connectivity index (χ2v) is 15.8. The fourth-order valence-corrected chi connectivity index (χ4v) is 7.58. The van der Waals surface area contributed by atoms with E-state index in [1.165, 1.54) is 48.5 Å². The molecule has 0 radical (unpaired) electrons. The van der Waals surface area contributed by atoms with Gasteiger partial charge in [-0.3, -0.25) is 9.59 Å². The summed E-state index contributed by atoms with van der Waals surface area (Å²) in [4.78, 5) is 37.8. The van der Waals surface area contributed by atoms with Gasteiger partial charge in [0.2, 0.25) is 0 Å². The molecule has 17 heteroatoms. The lowest BCUT2D eigenvalue weighted by molar-refractivity contribution is -0.158. The maximum absolute atomic E-state index is 15.2. The number of ether oxygens (including phenoxy) is 3. The van der Waals surface area contributed by atoms with Crippen LogP contribution in [0.4, 0.5) is 20.2 Å². The molecule has 9 nitrogen and oxygen atoms in total. The van der Waals surface area contributed by atoms with Gasteiger partial charge < -0.3 is 30.2 Å². The van der Waals surface area contributed by atoms with Gasteiger partial charge in [-0.05, 0) is 92.6 Å². The summed E-state index contributed by atoms with van der Waals surface area (Å²) in [6, 6.07) is 11.6. The molecule has 1 amide bonds. The van der Waals surface area contributed by atoms with E-state index >= 15 is 8.78 Å². The number of amides is 1. The van der Waals surface area contributed by atoms with E-state index in [9.17, 15) is 14.4 Å². The van der Waals surface area contributed by atoms with Crippen LogP contribution in [-0.4, -0.2) is 36.5 Å². The first-order valence-electron chi connectivity index (χ1n) is 17.5. The molecule has 2 fully saturated rings. The Hall–Kier alpha value is -3.71.